The molecule has 3 rings (SSSR count). The number of hydrogen-bond donors (Lipinski definition) is 2. The predicted octanol–water partition coefficient (Wildman–Crippen LogP) is 3.74. The first-order valence-electron chi connectivity index (χ1n) is 6.59. The zero-order chi connectivity index (χ0) is 15.0. The van der Waals surface area contributed by atoms with E-state index < -0.39 is 5.82 Å². The van der Waals surface area contributed by atoms with Crippen molar-refractivity contribution in [2.24, 2.45) is 5.73 Å². The van der Waals surface area contributed by atoms with Crippen LogP contribution in [0.5, 0.6) is 0 Å². The van der Waals surface area contributed by atoms with Crippen molar-refractivity contribution in [2.45, 2.75) is 19.3 Å². The molecule has 1 aliphatic rings. The van der Waals surface area contributed by atoms with Crippen molar-refractivity contribution in [2.75, 3.05) is 5.32 Å². The number of aromatic nitrogens is 1. The van der Waals surface area contributed by atoms with Crippen LogP contribution in [-0.2, 0) is 12.8 Å². The summed E-state index contributed by atoms with van der Waals surface area (Å²) in [5.74, 6) is 0.129. The summed E-state index contributed by atoms with van der Waals surface area (Å²) in [6.07, 6.45) is 3.04. The minimum Gasteiger partial charge on any atom is -0.389 e. The Hall–Kier alpha value is -1.72. The SMILES string of the molecule is NC(=S)c1cc2c(nc1Nc1ccc(F)c(Cl)c1)CCC2. The van der Waals surface area contributed by atoms with Crippen LogP contribution in [0.3, 0.4) is 0 Å². The number of nitrogens with two attached hydrogens (primary N) is 1. The highest BCUT2D eigenvalue weighted by Crippen LogP contribution is 2.28. The van der Waals surface area contributed by atoms with Crippen molar-refractivity contribution < 1.29 is 4.39 Å². The fourth-order valence-electron chi connectivity index (χ4n) is 2.47. The molecule has 0 atom stereocenters. The molecule has 1 heterocycles. The van der Waals surface area contributed by atoms with Crippen molar-refractivity contribution in [3.05, 3.63) is 51.9 Å². The Bertz CT molecular complexity index is 733. The molecule has 6 heteroatoms. The molecule has 0 bridgehead atoms. The molecule has 0 radical (unpaired) electrons. The van der Waals surface area contributed by atoms with Gasteiger partial charge in [0.15, 0.2) is 0 Å². The zero-order valence-corrected chi connectivity index (χ0v) is 12.7. The first kappa shape index (κ1) is 14.2. The van der Waals surface area contributed by atoms with Crippen LogP contribution in [0.2, 0.25) is 5.02 Å². The number of fused-ring (bicyclic) bond motifs is 1. The fraction of sp³-hybridized carbons (Fsp3) is 0.200. The van der Waals surface area contributed by atoms with E-state index in [1.54, 1.807) is 6.07 Å². The molecule has 0 amide bonds. The summed E-state index contributed by atoms with van der Waals surface area (Å²) >= 11 is 10.9. The average molecular weight is 322 g/mol. The number of rotatable bonds is 3. The molecule has 0 aliphatic heterocycles. The van der Waals surface area contributed by atoms with Crippen molar-refractivity contribution in [3.63, 3.8) is 0 Å². The van der Waals surface area contributed by atoms with Gasteiger partial charge in [-0.25, -0.2) is 9.37 Å². The zero-order valence-electron chi connectivity index (χ0n) is 11.1. The second-order valence-electron chi connectivity index (χ2n) is 4.96. The molecule has 1 aromatic heterocycles. The smallest absolute Gasteiger partial charge is 0.141 e. The third-order valence-corrected chi connectivity index (χ3v) is 4.01. The number of pyridine rings is 1. The van der Waals surface area contributed by atoms with Crippen molar-refractivity contribution in [1.82, 2.24) is 4.98 Å². The highest BCUT2D eigenvalue weighted by atomic mass is 35.5. The van der Waals surface area contributed by atoms with Crippen LogP contribution in [0.4, 0.5) is 15.9 Å². The van der Waals surface area contributed by atoms with Gasteiger partial charge in [-0.05, 0) is 49.1 Å². The average Bonchev–Trinajstić information content (AvgIpc) is 2.89. The van der Waals surface area contributed by atoms with Crippen LogP contribution < -0.4 is 11.1 Å². The van der Waals surface area contributed by atoms with E-state index in [-0.39, 0.29) is 10.0 Å². The van der Waals surface area contributed by atoms with Gasteiger partial charge in [0.2, 0.25) is 0 Å². The Morgan fingerprint density at radius 2 is 2.14 bits per heavy atom. The van der Waals surface area contributed by atoms with E-state index in [1.807, 2.05) is 6.07 Å². The molecule has 0 fully saturated rings. The number of nitrogens with one attached hydrogen (secondary N) is 1. The molecule has 1 aromatic carbocycles. The van der Waals surface area contributed by atoms with Crippen molar-refractivity contribution >= 4 is 40.3 Å². The molecule has 3 nitrogen and oxygen atoms in total. The molecule has 21 heavy (non-hydrogen) atoms. The lowest BCUT2D eigenvalue weighted by atomic mass is 10.1. The Kier molecular flexibility index (Phi) is 3.78. The number of halogens is 2. The predicted molar refractivity (Wildman–Crippen MR) is 86.8 cm³/mol. The highest BCUT2D eigenvalue weighted by Gasteiger charge is 2.18. The number of benzene rings is 1. The first-order valence-corrected chi connectivity index (χ1v) is 7.38. The number of thiocarbonyl (C=S) groups is 1. The molecular formula is C15H13ClFN3S. The largest absolute Gasteiger partial charge is 0.389 e. The molecule has 108 valence electrons. The van der Waals surface area contributed by atoms with E-state index in [2.05, 4.69) is 10.3 Å². The lowest BCUT2D eigenvalue weighted by molar-refractivity contribution is 0.628. The quantitative estimate of drug-likeness (QED) is 0.846. The van der Waals surface area contributed by atoms with Gasteiger partial charge in [0, 0.05) is 11.4 Å². The number of aryl methyl sites for hydroxylation is 2. The Morgan fingerprint density at radius 1 is 1.33 bits per heavy atom. The summed E-state index contributed by atoms with van der Waals surface area (Å²) in [5.41, 5.74) is 9.38. The third-order valence-electron chi connectivity index (χ3n) is 3.50. The molecular weight excluding hydrogens is 309 g/mol. The monoisotopic (exact) mass is 321 g/mol. The summed E-state index contributed by atoms with van der Waals surface area (Å²) in [4.78, 5) is 4.89. The first-order chi connectivity index (χ1) is 10.0. The molecule has 0 saturated carbocycles. The summed E-state index contributed by atoms with van der Waals surface area (Å²) in [7, 11) is 0. The Balaban J connectivity index is 2.01. The van der Waals surface area contributed by atoms with Crippen molar-refractivity contribution in [1.29, 1.82) is 0 Å². The normalized spacial score (nSPS) is 13.0. The minimum atomic E-state index is -0.460. The lowest BCUT2D eigenvalue weighted by Crippen LogP contribution is -2.14. The number of nitrogens with zero attached hydrogens (tertiary/aromatic N) is 1. The maximum absolute atomic E-state index is 13.2. The van der Waals surface area contributed by atoms with E-state index in [4.69, 9.17) is 29.6 Å². The molecule has 0 spiro atoms. The fourth-order valence-corrected chi connectivity index (χ4v) is 2.80. The van der Waals surface area contributed by atoms with Gasteiger partial charge >= 0.3 is 0 Å². The number of hydrogen-bond acceptors (Lipinski definition) is 3. The summed E-state index contributed by atoms with van der Waals surface area (Å²) in [6, 6.07) is 6.40. The molecule has 0 unspecified atom stereocenters. The van der Waals surface area contributed by atoms with Crippen LogP contribution in [-0.4, -0.2) is 9.97 Å². The highest BCUT2D eigenvalue weighted by molar-refractivity contribution is 7.80. The topological polar surface area (TPSA) is 50.9 Å². The van der Waals surface area contributed by atoms with Gasteiger partial charge in [0.1, 0.15) is 16.6 Å². The Morgan fingerprint density at radius 3 is 2.86 bits per heavy atom. The minimum absolute atomic E-state index is 0.0537. The van der Waals surface area contributed by atoms with Crippen LogP contribution in [0, 0.1) is 5.82 Å². The van der Waals surface area contributed by atoms with Crippen LogP contribution >= 0.6 is 23.8 Å². The van der Waals surface area contributed by atoms with Crippen LogP contribution in [0.15, 0.2) is 24.3 Å². The van der Waals surface area contributed by atoms with Gasteiger partial charge in [0.25, 0.3) is 0 Å². The summed E-state index contributed by atoms with van der Waals surface area (Å²) in [5, 5.41) is 3.18. The lowest BCUT2D eigenvalue weighted by Gasteiger charge is -2.13. The Labute approximate surface area is 132 Å². The van der Waals surface area contributed by atoms with E-state index in [9.17, 15) is 4.39 Å². The third kappa shape index (κ3) is 2.84. The van der Waals surface area contributed by atoms with Gasteiger partial charge in [0.05, 0.1) is 10.6 Å². The maximum Gasteiger partial charge on any atom is 0.141 e. The van der Waals surface area contributed by atoms with E-state index in [0.717, 1.165) is 25.0 Å². The summed E-state index contributed by atoms with van der Waals surface area (Å²) < 4.78 is 13.2. The van der Waals surface area contributed by atoms with Crippen LogP contribution in [0.1, 0.15) is 23.2 Å². The maximum atomic E-state index is 13.2. The second kappa shape index (κ2) is 5.58. The standard InChI is InChI=1S/C15H13ClFN3S/c16-11-7-9(4-5-12(11)17)19-15-10(14(18)21)6-8-2-1-3-13(8)20-15/h4-7H,1-3H2,(H2,18,21)(H,19,20). The van der Waals surface area contributed by atoms with Gasteiger partial charge < -0.3 is 11.1 Å². The van der Waals surface area contributed by atoms with E-state index >= 15 is 0 Å². The summed E-state index contributed by atoms with van der Waals surface area (Å²) in [6.45, 7) is 0. The molecule has 3 N–H and O–H groups in total. The molecule has 2 aromatic rings. The van der Waals surface area contributed by atoms with Gasteiger partial charge in [-0.15, -0.1) is 0 Å². The van der Waals surface area contributed by atoms with E-state index in [1.165, 1.54) is 17.7 Å². The second-order valence-corrected chi connectivity index (χ2v) is 5.81. The van der Waals surface area contributed by atoms with Crippen molar-refractivity contribution in [3.8, 4) is 0 Å². The van der Waals surface area contributed by atoms with Gasteiger partial charge in [-0.2, -0.15) is 0 Å². The van der Waals surface area contributed by atoms with E-state index in [0.29, 0.717) is 17.1 Å². The van der Waals surface area contributed by atoms with Gasteiger partial charge in [-0.3, -0.25) is 0 Å². The van der Waals surface area contributed by atoms with Crippen LogP contribution in [0.25, 0.3) is 0 Å². The molecule has 0 saturated heterocycles. The number of anilines is 2. The van der Waals surface area contributed by atoms with Gasteiger partial charge in [-0.1, -0.05) is 23.8 Å². The molecule has 1 aliphatic carbocycles.